The first-order chi connectivity index (χ1) is 12.9. The van der Waals surface area contributed by atoms with Crippen molar-refractivity contribution in [2.24, 2.45) is 0 Å². The van der Waals surface area contributed by atoms with Gasteiger partial charge < -0.3 is 10.6 Å². The van der Waals surface area contributed by atoms with Gasteiger partial charge in [-0.25, -0.2) is 4.98 Å². The molecule has 1 heterocycles. The van der Waals surface area contributed by atoms with Gasteiger partial charge >= 0.3 is 0 Å². The van der Waals surface area contributed by atoms with Gasteiger partial charge in [0, 0.05) is 23.5 Å². The number of aryl methyl sites for hydroxylation is 1. The highest BCUT2D eigenvalue weighted by molar-refractivity contribution is 7.98. The SMILES string of the molecule is CSCC[C@@H](NC(=O)c1ccccc1Cl)C(=O)NC[C@H](C)c1nc(C)cs1. The minimum Gasteiger partial charge on any atom is -0.354 e. The highest BCUT2D eigenvalue weighted by Gasteiger charge is 2.23. The van der Waals surface area contributed by atoms with E-state index in [1.165, 1.54) is 0 Å². The summed E-state index contributed by atoms with van der Waals surface area (Å²) in [6, 6.07) is 6.21. The van der Waals surface area contributed by atoms with Gasteiger partial charge in [-0.2, -0.15) is 11.8 Å². The number of aromatic nitrogens is 1. The molecule has 0 aliphatic heterocycles. The number of halogens is 1. The van der Waals surface area contributed by atoms with Crippen LogP contribution in [-0.2, 0) is 4.79 Å². The number of amides is 2. The summed E-state index contributed by atoms with van der Waals surface area (Å²) < 4.78 is 0. The Morgan fingerprint density at radius 2 is 2.07 bits per heavy atom. The number of nitrogens with zero attached hydrogens (tertiary/aromatic N) is 1. The number of thioether (sulfide) groups is 1. The molecule has 2 aromatic rings. The van der Waals surface area contributed by atoms with E-state index in [4.69, 9.17) is 11.6 Å². The number of carbonyl (C=O) groups excluding carboxylic acids is 2. The van der Waals surface area contributed by atoms with Crippen molar-refractivity contribution in [3.63, 3.8) is 0 Å². The molecular formula is C19H24ClN3O2S2. The molecule has 27 heavy (non-hydrogen) atoms. The molecule has 5 nitrogen and oxygen atoms in total. The number of carbonyl (C=O) groups is 2. The van der Waals surface area contributed by atoms with Crippen molar-refractivity contribution in [3.05, 3.63) is 50.9 Å². The summed E-state index contributed by atoms with van der Waals surface area (Å²) in [5, 5.41) is 9.12. The molecule has 1 aromatic heterocycles. The third kappa shape index (κ3) is 6.52. The molecule has 0 spiro atoms. The van der Waals surface area contributed by atoms with Crippen molar-refractivity contribution in [3.8, 4) is 0 Å². The van der Waals surface area contributed by atoms with Gasteiger partial charge in [-0.05, 0) is 37.5 Å². The zero-order valence-electron chi connectivity index (χ0n) is 15.6. The van der Waals surface area contributed by atoms with Gasteiger partial charge in [0.1, 0.15) is 6.04 Å². The predicted octanol–water partition coefficient (Wildman–Crippen LogP) is 3.88. The molecule has 0 aliphatic rings. The molecule has 0 saturated heterocycles. The molecule has 0 radical (unpaired) electrons. The van der Waals surface area contributed by atoms with Crippen LogP contribution in [0.25, 0.3) is 0 Å². The summed E-state index contributed by atoms with van der Waals surface area (Å²) in [5.41, 5.74) is 1.35. The number of thiazole rings is 1. The second kappa shape index (κ2) is 10.7. The van der Waals surface area contributed by atoms with Crippen LogP contribution in [0.1, 0.15) is 40.3 Å². The Morgan fingerprint density at radius 1 is 1.33 bits per heavy atom. The Hall–Kier alpha value is -1.57. The monoisotopic (exact) mass is 425 g/mol. The van der Waals surface area contributed by atoms with Crippen LogP contribution < -0.4 is 10.6 Å². The average molecular weight is 426 g/mol. The third-order valence-electron chi connectivity index (χ3n) is 3.99. The molecule has 146 valence electrons. The molecule has 8 heteroatoms. The van der Waals surface area contributed by atoms with Crippen molar-refractivity contribution in [2.45, 2.75) is 32.2 Å². The van der Waals surface area contributed by atoms with Crippen LogP contribution in [0.2, 0.25) is 5.02 Å². The molecule has 0 saturated carbocycles. The Labute approximate surface area is 173 Å². The summed E-state index contributed by atoms with van der Waals surface area (Å²) in [5.74, 6) is 0.352. The molecule has 0 aliphatic carbocycles. The molecular weight excluding hydrogens is 402 g/mol. The highest BCUT2D eigenvalue weighted by atomic mass is 35.5. The van der Waals surface area contributed by atoms with E-state index < -0.39 is 6.04 Å². The van der Waals surface area contributed by atoms with Gasteiger partial charge in [0.25, 0.3) is 5.91 Å². The van der Waals surface area contributed by atoms with Crippen molar-refractivity contribution in [1.82, 2.24) is 15.6 Å². The average Bonchev–Trinajstić information content (AvgIpc) is 3.09. The summed E-state index contributed by atoms with van der Waals surface area (Å²) in [4.78, 5) is 29.6. The lowest BCUT2D eigenvalue weighted by atomic mass is 10.1. The predicted molar refractivity (Wildman–Crippen MR) is 114 cm³/mol. The minimum atomic E-state index is -0.605. The molecule has 1 aromatic carbocycles. The first-order valence-electron chi connectivity index (χ1n) is 8.66. The fourth-order valence-corrected chi connectivity index (χ4v) is 4.00. The Morgan fingerprint density at radius 3 is 2.70 bits per heavy atom. The first-order valence-corrected chi connectivity index (χ1v) is 11.3. The van der Waals surface area contributed by atoms with Crippen LogP contribution in [0.15, 0.2) is 29.6 Å². The Kier molecular flexibility index (Phi) is 8.60. The maximum Gasteiger partial charge on any atom is 0.253 e. The molecule has 0 fully saturated rings. The van der Waals surface area contributed by atoms with Crippen molar-refractivity contribution < 1.29 is 9.59 Å². The number of hydrogen-bond donors (Lipinski definition) is 2. The normalized spacial score (nSPS) is 13.0. The summed E-state index contributed by atoms with van der Waals surface area (Å²) in [6.45, 7) is 4.45. The number of benzene rings is 1. The van der Waals surface area contributed by atoms with E-state index in [1.54, 1.807) is 47.4 Å². The second-order valence-electron chi connectivity index (χ2n) is 6.26. The fraction of sp³-hybridized carbons (Fsp3) is 0.421. The zero-order valence-corrected chi connectivity index (χ0v) is 18.0. The van der Waals surface area contributed by atoms with E-state index in [1.807, 2.05) is 25.5 Å². The third-order valence-corrected chi connectivity index (χ3v) is 6.16. The molecule has 2 amide bonds. The smallest absolute Gasteiger partial charge is 0.253 e. The number of nitrogens with one attached hydrogen (secondary N) is 2. The van der Waals surface area contributed by atoms with E-state index in [2.05, 4.69) is 15.6 Å². The standard InChI is InChI=1S/C19H24ClN3O2S2/c1-12(19-22-13(2)11-27-19)10-21-18(25)16(8-9-26-3)23-17(24)14-6-4-5-7-15(14)20/h4-7,11-12,16H,8-10H2,1-3H3,(H,21,25)(H,23,24)/t12-,16+/m0/s1. The van der Waals surface area contributed by atoms with Crippen molar-refractivity contribution in [2.75, 3.05) is 18.6 Å². The van der Waals surface area contributed by atoms with Crippen LogP contribution in [0.3, 0.4) is 0 Å². The summed E-state index contributed by atoms with van der Waals surface area (Å²) in [6.07, 6.45) is 2.52. The molecule has 2 N–H and O–H groups in total. The maximum atomic E-state index is 12.7. The van der Waals surface area contributed by atoms with Gasteiger partial charge in [-0.15, -0.1) is 11.3 Å². The zero-order chi connectivity index (χ0) is 19.8. The first kappa shape index (κ1) is 21.7. The lowest BCUT2D eigenvalue weighted by Crippen LogP contribution is -2.47. The number of hydrogen-bond acceptors (Lipinski definition) is 5. The topological polar surface area (TPSA) is 71.1 Å². The number of rotatable bonds is 9. The van der Waals surface area contributed by atoms with Gasteiger partial charge in [0.2, 0.25) is 5.91 Å². The van der Waals surface area contributed by atoms with Crippen molar-refractivity contribution >= 4 is 46.5 Å². The molecule has 2 rings (SSSR count). The molecule has 0 bridgehead atoms. The largest absolute Gasteiger partial charge is 0.354 e. The maximum absolute atomic E-state index is 12.7. The van der Waals surface area contributed by atoms with Gasteiger partial charge in [-0.3, -0.25) is 9.59 Å². The van der Waals surface area contributed by atoms with Crippen molar-refractivity contribution in [1.29, 1.82) is 0 Å². The summed E-state index contributed by atoms with van der Waals surface area (Å²) in [7, 11) is 0. The van der Waals surface area contributed by atoms with E-state index in [9.17, 15) is 9.59 Å². The quantitative estimate of drug-likeness (QED) is 0.639. The molecule has 2 atom stereocenters. The van der Waals surface area contributed by atoms with E-state index in [0.717, 1.165) is 16.5 Å². The second-order valence-corrected chi connectivity index (χ2v) is 8.54. The highest BCUT2D eigenvalue weighted by Crippen LogP contribution is 2.19. The lowest BCUT2D eigenvalue weighted by Gasteiger charge is -2.19. The summed E-state index contributed by atoms with van der Waals surface area (Å²) >= 11 is 9.31. The van der Waals surface area contributed by atoms with Gasteiger partial charge in [0.15, 0.2) is 0 Å². The lowest BCUT2D eigenvalue weighted by molar-refractivity contribution is -0.123. The Bertz CT molecular complexity index is 782. The van der Waals surface area contributed by atoms with Gasteiger partial charge in [-0.1, -0.05) is 30.7 Å². The molecule has 0 unspecified atom stereocenters. The van der Waals surface area contributed by atoms with Crippen LogP contribution in [0.4, 0.5) is 0 Å². The fourth-order valence-electron chi connectivity index (χ4n) is 2.45. The van der Waals surface area contributed by atoms with Crippen LogP contribution >= 0.6 is 34.7 Å². The minimum absolute atomic E-state index is 0.119. The van der Waals surface area contributed by atoms with Gasteiger partial charge in [0.05, 0.1) is 15.6 Å². The van der Waals surface area contributed by atoms with E-state index in [-0.39, 0.29) is 17.7 Å². The van der Waals surface area contributed by atoms with Crippen LogP contribution in [0, 0.1) is 6.92 Å². The van der Waals surface area contributed by atoms with Crippen LogP contribution in [-0.4, -0.2) is 41.4 Å². The van der Waals surface area contributed by atoms with E-state index in [0.29, 0.717) is 23.6 Å². The van der Waals surface area contributed by atoms with Crippen LogP contribution in [0.5, 0.6) is 0 Å². The Balaban J connectivity index is 1.98. The van der Waals surface area contributed by atoms with E-state index >= 15 is 0 Å².